The highest BCUT2D eigenvalue weighted by atomic mass is 19.2. The molecule has 8 heteroatoms. The van der Waals surface area contributed by atoms with Crippen molar-refractivity contribution in [3.05, 3.63) is 71.0 Å². The fraction of sp³-hybridized carbons (Fsp3) is 0.333. The van der Waals surface area contributed by atoms with Crippen molar-refractivity contribution in [3.63, 3.8) is 0 Å². The van der Waals surface area contributed by atoms with Crippen molar-refractivity contribution < 1.29 is 23.1 Å². The molecule has 1 amide bonds. The van der Waals surface area contributed by atoms with Gasteiger partial charge in [0.2, 0.25) is 0 Å². The molecule has 0 atom stereocenters. The van der Waals surface area contributed by atoms with E-state index >= 15 is 0 Å². The average molecular weight is 405 g/mol. The number of aliphatic hydroxyl groups excluding tert-OH is 1. The van der Waals surface area contributed by atoms with Gasteiger partial charge in [0.1, 0.15) is 5.82 Å². The summed E-state index contributed by atoms with van der Waals surface area (Å²) in [5.41, 5.74) is 0.288. The Balaban J connectivity index is 1.75. The van der Waals surface area contributed by atoms with Crippen LogP contribution in [0.4, 0.5) is 13.2 Å². The summed E-state index contributed by atoms with van der Waals surface area (Å²) in [5.74, 6) is -3.14. The Morgan fingerprint density at radius 3 is 2.41 bits per heavy atom. The molecule has 0 saturated heterocycles. The zero-order valence-electron chi connectivity index (χ0n) is 15.7. The lowest BCUT2D eigenvalue weighted by Gasteiger charge is -2.27. The minimum absolute atomic E-state index is 0.0115. The van der Waals surface area contributed by atoms with E-state index in [0.717, 1.165) is 12.1 Å². The summed E-state index contributed by atoms with van der Waals surface area (Å²) in [6.07, 6.45) is 2.26. The van der Waals surface area contributed by atoms with Gasteiger partial charge in [-0.15, -0.1) is 0 Å². The number of aliphatic hydroxyl groups is 1. The van der Waals surface area contributed by atoms with Crippen molar-refractivity contribution in [2.45, 2.75) is 44.4 Å². The number of benzene rings is 2. The van der Waals surface area contributed by atoms with Gasteiger partial charge in [0, 0.05) is 17.2 Å². The fourth-order valence-corrected chi connectivity index (χ4v) is 3.14. The Morgan fingerprint density at radius 2 is 1.72 bits per heavy atom. The van der Waals surface area contributed by atoms with Crippen LogP contribution in [0, 0.1) is 17.5 Å². The molecule has 154 valence electrons. The highest BCUT2D eigenvalue weighted by Gasteiger charge is 2.21. The van der Waals surface area contributed by atoms with E-state index in [-0.39, 0.29) is 30.2 Å². The molecule has 0 heterocycles. The second-order valence-electron chi connectivity index (χ2n) is 6.99. The molecule has 0 aromatic heterocycles. The SMILES string of the molecule is O=C(NC(=NCc1ccccc1F)NC1CCC(O)CC1)c1ccc(F)c(F)c1. The van der Waals surface area contributed by atoms with E-state index in [9.17, 15) is 23.1 Å². The van der Waals surface area contributed by atoms with Crippen molar-refractivity contribution in [1.29, 1.82) is 0 Å². The molecule has 3 rings (SSSR count). The lowest BCUT2D eigenvalue weighted by atomic mass is 9.93. The summed E-state index contributed by atoms with van der Waals surface area (Å²) in [7, 11) is 0. The third-order valence-corrected chi connectivity index (χ3v) is 4.82. The molecule has 2 aromatic rings. The van der Waals surface area contributed by atoms with Gasteiger partial charge in [-0.25, -0.2) is 18.2 Å². The average Bonchev–Trinajstić information content (AvgIpc) is 2.71. The first kappa shape index (κ1) is 20.9. The Morgan fingerprint density at radius 1 is 1.00 bits per heavy atom. The predicted octanol–water partition coefficient (Wildman–Crippen LogP) is 3.28. The number of carbonyl (C=O) groups is 1. The Hall–Kier alpha value is -2.87. The molecule has 0 unspecified atom stereocenters. The van der Waals surface area contributed by atoms with Gasteiger partial charge in [0.15, 0.2) is 17.6 Å². The lowest BCUT2D eigenvalue weighted by molar-refractivity contribution is 0.0972. The molecule has 0 spiro atoms. The van der Waals surface area contributed by atoms with Gasteiger partial charge >= 0.3 is 0 Å². The highest BCUT2D eigenvalue weighted by Crippen LogP contribution is 2.18. The van der Waals surface area contributed by atoms with E-state index < -0.39 is 23.4 Å². The number of nitrogens with zero attached hydrogens (tertiary/aromatic N) is 1. The maximum atomic E-state index is 13.9. The third kappa shape index (κ3) is 5.80. The zero-order valence-corrected chi connectivity index (χ0v) is 15.7. The van der Waals surface area contributed by atoms with Gasteiger partial charge in [0.25, 0.3) is 5.91 Å². The van der Waals surface area contributed by atoms with Crippen LogP contribution in [-0.4, -0.2) is 29.1 Å². The summed E-state index contributed by atoms with van der Waals surface area (Å²) in [6.45, 7) is -0.0115. The number of carbonyl (C=O) groups excluding carboxylic acids is 1. The number of halogens is 3. The van der Waals surface area contributed by atoms with Crippen molar-refractivity contribution in [2.24, 2.45) is 4.99 Å². The van der Waals surface area contributed by atoms with Gasteiger partial charge in [0.05, 0.1) is 12.6 Å². The van der Waals surface area contributed by atoms with Crippen LogP contribution in [0.3, 0.4) is 0 Å². The quantitative estimate of drug-likeness (QED) is 0.540. The number of hydrogen-bond donors (Lipinski definition) is 3. The smallest absolute Gasteiger partial charge is 0.258 e. The molecule has 3 N–H and O–H groups in total. The molecule has 1 aliphatic rings. The minimum Gasteiger partial charge on any atom is -0.393 e. The predicted molar refractivity (Wildman–Crippen MR) is 103 cm³/mol. The first-order chi connectivity index (χ1) is 13.9. The number of hydrogen-bond acceptors (Lipinski definition) is 3. The van der Waals surface area contributed by atoms with Crippen LogP contribution in [0.15, 0.2) is 47.5 Å². The molecular formula is C21H22F3N3O2. The molecule has 0 aliphatic heterocycles. The summed E-state index contributed by atoms with van der Waals surface area (Å²) < 4.78 is 40.4. The third-order valence-electron chi connectivity index (χ3n) is 4.82. The molecular weight excluding hydrogens is 383 g/mol. The molecule has 1 saturated carbocycles. The van der Waals surface area contributed by atoms with Crippen LogP contribution in [-0.2, 0) is 6.54 Å². The van der Waals surface area contributed by atoms with E-state index in [2.05, 4.69) is 15.6 Å². The fourth-order valence-electron chi connectivity index (χ4n) is 3.14. The van der Waals surface area contributed by atoms with Crippen LogP contribution < -0.4 is 10.6 Å². The highest BCUT2D eigenvalue weighted by molar-refractivity contribution is 6.05. The Bertz CT molecular complexity index is 896. The van der Waals surface area contributed by atoms with Gasteiger partial charge in [-0.05, 0) is 49.9 Å². The number of rotatable bonds is 4. The van der Waals surface area contributed by atoms with Crippen molar-refractivity contribution in [3.8, 4) is 0 Å². The number of amides is 1. The first-order valence-electron chi connectivity index (χ1n) is 9.41. The van der Waals surface area contributed by atoms with Crippen molar-refractivity contribution in [1.82, 2.24) is 10.6 Å². The number of nitrogens with one attached hydrogen (secondary N) is 2. The van der Waals surface area contributed by atoms with Gasteiger partial charge in [-0.3, -0.25) is 10.1 Å². The second-order valence-corrected chi connectivity index (χ2v) is 6.99. The van der Waals surface area contributed by atoms with Gasteiger partial charge in [-0.2, -0.15) is 0 Å². The van der Waals surface area contributed by atoms with E-state index in [4.69, 9.17) is 0 Å². The Labute approximate surface area is 166 Å². The van der Waals surface area contributed by atoms with Crippen LogP contribution in [0.5, 0.6) is 0 Å². The van der Waals surface area contributed by atoms with Crippen molar-refractivity contribution in [2.75, 3.05) is 0 Å². The summed E-state index contributed by atoms with van der Waals surface area (Å²) in [4.78, 5) is 16.7. The molecule has 1 aliphatic carbocycles. The maximum absolute atomic E-state index is 13.9. The molecule has 0 radical (unpaired) electrons. The van der Waals surface area contributed by atoms with Crippen LogP contribution in [0.2, 0.25) is 0 Å². The van der Waals surface area contributed by atoms with Gasteiger partial charge < -0.3 is 10.4 Å². The maximum Gasteiger partial charge on any atom is 0.258 e. The molecule has 0 bridgehead atoms. The number of guanidine groups is 1. The summed E-state index contributed by atoms with van der Waals surface area (Å²) in [6, 6.07) is 8.97. The van der Waals surface area contributed by atoms with E-state index in [1.807, 2.05) is 0 Å². The van der Waals surface area contributed by atoms with E-state index in [0.29, 0.717) is 31.2 Å². The van der Waals surface area contributed by atoms with Crippen LogP contribution >= 0.6 is 0 Å². The van der Waals surface area contributed by atoms with Crippen LogP contribution in [0.25, 0.3) is 0 Å². The van der Waals surface area contributed by atoms with Crippen LogP contribution in [0.1, 0.15) is 41.6 Å². The zero-order chi connectivity index (χ0) is 20.8. The standard InChI is InChI=1S/C21H22F3N3O2/c22-17-4-2-1-3-14(17)12-25-21(26-15-6-8-16(28)9-7-15)27-20(29)13-5-10-18(23)19(24)11-13/h1-5,10-11,15-16,28H,6-9,12H2,(H2,25,26,27,29). The number of aliphatic imine (C=N–C) groups is 1. The minimum atomic E-state index is -1.13. The molecule has 2 aromatic carbocycles. The normalized spacial score (nSPS) is 19.7. The van der Waals surface area contributed by atoms with E-state index in [1.54, 1.807) is 18.2 Å². The monoisotopic (exact) mass is 405 g/mol. The summed E-state index contributed by atoms with van der Waals surface area (Å²) in [5, 5.41) is 15.3. The topological polar surface area (TPSA) is 73.7 Å². The largest absolute Gasteiger partial charge is 0.393 e. The molecule has 1 fully saturated rings. The summed E-state index contributed by atoms with van der Waals surface area (Å²) >= 11 is 0. The molecule has 29 heavy (non-hydrogen) atoms. The second kappa shape index (κ2) is 9.56. The lowest BCUT2D eigenvalue weighted by Crippen LogP contribution is -2.47. The first-order valence-corrected chi connectivity index (χ1v) is 9.41. The van der Waals surface area contributed by atoms with Crippen molar-refractivity contribution >= 4 is 11.9 Å². The molecule has 5 nitrogen and oxygen atoms in total. The Kier molecular flexibility index (Phi) is 6.87. The van der Waals surface area contributed by atoms with Gasteiger partial charge in [-0.1, -0.05) is 18.2 Å². The van der Waals surface area contributed by atoms with E-state index in [1.165, 1.54) is 12.1 Å².